The van der Waals surface area contributed by atoms with Gasteiger partial charge in [-0.1, -0.05) is 17.7 Å². The Balaban J connectivity index is 2.00. The number of fused-ring (bicyclic) bond motifs is 1. The van der Waals surface area contributed by atoms with Crippen molar-refractivity contribution in [1.29, 1.82) is 0 Å². The van der Waals surface area contributed by atoms with Crippen LogP contribution in [0.2, 0.25) is 0 Å². The highest BCUT2D eigenvalue weighted by atomic mass is 32.1. The van der Waals surface area contributed by atoms with Gasteiger partial charge in [-0.3, -0.25) is 4.79 Å². The first kappa shape index (κ1) is 13.5. The van der Waals surface area contributed by atoms with Gasteiger partial charge >= 0.3 is 0 Å². The predicted molar refractivity (Wildman–Crippen MR) is 85.7 cm³/mol. The second-order valence-corrected chi connectivity index (χ2v) is 5.79. The van der Waals surface area contributed by atoms with Crippen LogP contribution in [0.25, 0.3) is 10.2 Å². The van der Waals surface area contributed by atoms with E-state index in [1.54, 1.807) is 24.2 Å². The molecule has 0 unspecified atom stereocenters. The number of nitrogens with two attached hydrogens (primary N) is 1. The van der Waals surface area contributed by atoms with Crippen molar-refractivity contribution in [2.24, 2.45) is 0 Å². The summed E-state index contributed by atoms with van der Waals surface area (Å²) in [6, 6.07) is 9.54. The number of rotatable bonds is 2. The minimum absolute atomic E-state index is 0.139. The fraction of sp³-hybridized carbons (Fsp3) is 0.133. The minimum Gasteiger partial charge on any atom is -0.397 e. The van der Waals surface area contributed by atoms with E-state index in [1.165, 1.54) is 11.3 Å². The van der Waals surface area contributed by atoms with Crippen LogP contribution in [-0.2, 0) is 0 Å². The number of hydrogen-bond donors (Lipinski definition) is 1. The van der Waals surface area contributed by atoms with E-state index in [-0.39, 0.29) is 5.91 Å². The number of thiophene rings is 1. The van der Waals surface area contributed by atoms with E-state index in [0.29, 0.717) is 15.4 Å². The van der Waals surface area contributed by atoms with E-state index in [2.05, 4.69) is 10.2 Å². The molecule has 0 atom stereocenters. The molecular weight excluding hydrogens is 284 g/mol. The van der Waals surface area contributed by atoms with E-state index in [4.69, 9.17) is 5.73 Å². The van der Waals surface area contributed by atoms with E-state index in [9.17, 15) is 4.79 Å². The van der Waals surface area contributed by atoms with Gasteiger partial charge in [0.15, 0.2) is 0 Å². The fourth-order valence-corrected chi connectivity index (χ4v) is 3.08. The lowest BCUT2D eigenvalue weighted by molar-refractivity contribution is 0.0997. The maximum atomic E-state index is 12.6. The zero-order valence-corrected chi connectivity index (χ0v) is 12.5. The van der Waals surface area contributed by atoms with Gasteiger partial charge in [0.05, 0.1) is 11.9 Å². The second kappa shape index (κ2) is 5.14. The molecule has 21 heavy (non-hydrogen) atoms. The zero-order chi connectivity index (χ0) is 15.0. The third-order valence-electron chi connectivity index (χ3n) is 3.34. The number of nitrogens with zero attached hydrogens (tertiary/aromatic N) is 3. The van der Waals surface area contributed by atoms with Gasteiger partial charge in [0.25, 0.3) is 5.91 Å². The highest BCUT2D eigenvalue weighted by Gasteiger charge is 2.21. The van der Waals surface area contributed by atoms with E-state index >= 15 is 0 Å². The van der Waals surface area contributed by atoms with E-state index < -0.39 is 0 Å². The first-order valence-corrected chi connectivity index (χ1v) is 7.24. The Morgan fingerprint density at radius 1 is 1.24 bits per heavy atom. The average molecular weight is 298 g/mol. The Kier molecular flexibility index (Phi) is 3.31. The minimum atomic E-state index is -0.139. The van der Waals surface area contributed by atoms with E-state index in [0.717, 1.165) is 16.6 Å². The van der Waals surface area contributed by atoms with Crippen molar-refractivity contribution in [2.75, 3.05) is 17.7 Å². The van der Waals surface area contributed by atoms with Gasteiger partial charge < -0.3 is 10.6 Å². The summed E-state index contributed by atoms with van der Waals surface area (Å²) in [5, 5.41) is 8.60. The van der Waals surface area contributed by atoms with Crippen molar-refractivity contribution in [3.8, 4) is 0 Å². The molecule has 0 spiro atoms. The number of hydrogen-bond acceptors (Lipinski definition) is 5. The molecule has 0 aliphatic rings. The van der Waals surface area contributed by atoms with Crippen LogP contribution >= 0.6 is 11.3 Å². The Hall–Kier alpha value is -2.47. The molecule has 106 valence electrons. The van der Waals surface area contributed by atoms with Crippen LogP contribution in [0.15, 0.2) is 36.5 Å². The number of aromatic nitrogens is 2. The Labute approximate surface area is 126 Å². The summed E-state index contributed by atoms with van der Waals surface area (Å²) >= 11 is 1.27. The molecule has 1 amide bonds. The highest BCUT2D eigenvalue weighted by molar-refractivity contribution is 7.21. The van der Waals surface area contributed by atoms with Crippen molar-refractivity contribution in [1.82, 2.24) is 10.2 Å². The maximum Gasteiger partial charge on any atom is 0.270 e. The molecule has 3 aromatic rings. The Morgan fingerprint density at radius 3 is 2.62 bits per heavy atom. The van der Waals surface area contributed by atoms with Crippen molar-refractivity contribution in [3.63, 3.8) is 0 Å². The van der Waals surface area contributed by atoms with Crippen LogP contribution in [-0.4, -0.2) is 23.2 Å². The predicted octanol–water partition coefficient (Wildman–Crippen LogP) is 2.86. The summed E-state index contributed by atoms with van der Waals surface area (Å²) in [4.78, 5) is 15.4. The van der Waals surface area contributed by atoms with Crippen LogP contribution in [0.3, 0.4) is 0 Å². The molecule has 6 heteroatoms. The molecule has 0 radical (unpaired) electrons. The molecule has 2 aromatic heterocycles. The number of carbonyl (C=O) groups excluding carboxylic acids is 1. The molecule has 0 fully saturated rings. The number of aryl methyl sites for hydroxylation is 1. The molecule has 5 nitrogen and oxygen atoms in total. The molecule has 0 bridgehead atoms. The standard InChI is InChI=1S/C15H14N4OS/c1-9-3-5-10(6-4-9)19(2)15(20)13-12(16)11-7-8-17-18-14(11)21-13/h3-8H,16H2,1-2H3. The monoisotopic (exact) mass is 298 g/mol. The van der Waals surface area contributed by atoms with Crippen molar-refractivity contribution in [2.45, 2.75) is 6.92 Å². The quantitative estimate of drug-likeness (QED) is 0.789. The van der Waals surface area contributed by atoms with Gasteiger partial charge in [-0.25, -0.2) is 0 Å². The molecule has 3 rings (SSSR count). The summed E-state index contributed by atoms with van der Waals surface area (Å²) in [7, 11) is 1.74. The van der Waals surface area contributed by atoms with Crippen LogP contribution < -0.4 is 10.6 Å². The molecule has 0 aliphatic heterocycles. The lowest BCUT2D eigenvalue weighted by atomic mass is 10.2. The van der Waals surface area contributed by atoms with Crippen molar-refractivity contribution in [3.05, 3.63) is 47.0 Å². The van der Waals surface area contributed by atoms with Crippen LogP contribution in [0, 0.1) is 6.92 Å². The largest absolute Gasteiger partial charge is 0.397 e. The van der Waals surface area contributed by atoms with Crippen LogP contribution in [0.5, 0.6) is 0 Å². The molecule has 0 aliphatic carbocycles. The topological polar surface area (TPSA) is 72.1 Å². The van der Waals surface area contributed by atoms with Gasteiger partial charge in [-0.05, 0) is 25.1 Å². The maximum absolute atomic E-state index is 12.6. The third-order valence-corrected chi connectivity index (χ3v) is 4.43. The van der Waals surface area contributed by atoms with Gasteiger partial charge in [-0.15, -0.1) is 16.4 Å². The SMILES string of the molecule is Cc1ccc(N(C)C(=O)c2sc3nnccc3c2N)cc1. The molecular formula is C15H14N4OS. The van der Waals surface area contributed by atoms with Crippen molar-refractivity contribution < 1.29 is 4.79 Å². The zero-order valence-electron chi connectivity index (χ0n) is 11.7. The van der Waals surface area contributed by atoms with Gasteiger partial charge in [0.1, 0.15) is 9.71 Å². The number of amides is 1. The smallest absolute Gasteiger partial charge is 0.270 e. The number of benzene rings is 1. The first-order valence-electron chi connectivity index (χ1n) is 6.42. The van der Waals surface area contributed by atoms with Crippen LogP contribution in [0.1, 0.15) is 15.2 Å². The molecule has 2 heterocycles. The highest BCUT2D eigenvalue weighted by Crippen LogP contribution is 2.33. The first-order chi connectivity index (χ1) is 10.1. The van der Waals surface area contributed by atoms with E-state index in [1.807, 2.05) is 31.2 Å². The molecule has 0 saturated carbocycles. The summed E-state index contributed by atoms with van der Waals surface area (Å²) in [6.07, 6.45) is 1.57. The lowest BCUT2D eigenvalue weighted by Gasteiger charge is -2.17. The average Bonchev–Trinajstić information content (AvgIpc) is 2.84. The molecule has 1 aromatic carbocycles. The molecule has 0 saturated heterocycles. The van der Waals surface area contributed by atoms with Crippen molar-refractivity contribution >= 4 is 38.8 Å². The Morgan fingerprint density at radius 2 is 1.95 bits per heavy atom. The Bertz CT molecular complexity index is 810. The normalized spacial score (nSPS) is 10.8. The number of anilines is 2. The summed E-state index contributed by atoms with van der Waals surface area (Å²) in [6.45, 7) is 2.01. The number of nitrogen functional groups attached to an aromatic ring is 1. The van der Waals surface area contributed by atoms with Gasteiger partial charge in [0, 0.05) is 18.1 Å². The summed E-state index contributed by atoms with van der Waals surface area (Å²) < 4.78 is 0. The lowest BCUT2D eigenvalue weighted by Crippen LogP contribution is -2.26. The third kappa shape index (κ3) is 2.34. The summed E-state index contributed by atoms with van der Waals surface area (Å²) in [5.74, 6) is -0.139. The summed E-state index contributed by atoms with van der Waals surface area (Å²) in [5.41, 5.74) is 8.52. The molecule has 2 N–H and O–H groups in total. The fourth-order valence-electron chi connectivity index (χ4n) is 2.07. The van der Waals surface area contributed by atoms with Gasteiger partial charge in [-0.2, -0.15) is 5.10 Å². The van der Waals surface area contributed by atoms with Gasteiger partial charge in [0.2, 0.25) is 0 Å². The second-order valence-electron chi connectivity index (χ2n) is 4.79. The van der Waals surface area contributed by atoms with Crippen LogP contribution in [0.4, 0.5) is 11.4 Å². The number of carbonyl (C=O) groups is 1.